The Bertz CT molecular complexity index is 722. The quantitative estimate of drug-likeness (QED) is 0.797. The number of carbonyl (C=O) groups is 1. The van der Waals surface area contributed by atoms with Crippen molar-refractivity contribution in [3.8, 4) is 0 Å². The number of benzene rings is 1. The van der Waals surface area contributed by atoms with Gasteiger partial charge in [0.05, 0.1) is 6.54 Å². The van der Waals surface area contributed by atoms with Crippen LogP contribution in [0.3, 0.4) is 0 Å². The zero-order valence-corrected chi connectivity index (χ0v) is 12.9. The molecule has 0 saturated heterocycles. The van der Waals surface area contributed by atoms with Gasteiger partial charge in [-0.2, -0.15) is 5.10 Å². The molecule has 0 amide bonds. The predicted octanol–water partition coefficient (Wildman–Crippen LogP) is 3.24. The summed E-state index contributed by atoms with van der Waals surface area (Å²) in [5.41, 5.74) is 1.97. The summed E-state index contributed by atoms with van der Waals surface area (Å²) in [6, 6.07) is 8.74. The fourth-order valence-electron chi connectivity index (χ4n) is 2.05. The Morgan fingerprint density at radius 1 is 1.33 bits per heavy atom. The normalized spacial score (nSPS) is 10.6. The van der Waals surface area contributed by atoms with Crippen LogP contribution in [0.15, 0.2) is 35.1 Å². The van der Waals surface area contributed by atoms with E-state index in [2.05, 4.69) is 5.10 Å². The number of carbonyl (C=O) groups excluding carboxylic acids is 1. The summed E-state index contributed by atoms with van der Waals surface area (Å²) in [4.78, 5) is 23.8. The van der Waals surface area contributed by atoms with Crippen molar-refractivity contribution >= 4 is 17.4 Å². The highest BCUT2D eigenvalue weighted by Crippen LogP contribution is 2.11. The van der Waals surface area contributed by atoms with E-state index in [-0.39, 0.29) is 11.3 Å². The van der Waals surface area contributed by atoms with Gasteiger partial charge in [0.15, 0.2) is 10.9 Å². The highest BCUT2D eigenvalue weighted by atomic mass is 35.5. The van der Waals surface area contributed by atoms with E-state index >= 15 is 0 Å². The molecule has 0 aliphatic heterocycles. The molecule has 0 spiro atoms. The van der Waals surface area contributed by atoms with E-state index in [0.29, 0.717) is 29.2 Å². The minimum absolute atomic E-state index is 0.113. The van der Waals surface area contributed by atoms with Gasteiger partial charge < -0.3 is 0 Å². The summed E-state index contributed by atoms with van der Waals surface area (Å²) in [5.74, 6) is 0.113. The molecule has 0 saturated carbocycles. The standard InChI is InChI=1S/C16H17ClN2O2/c1-3-5-14(20)13-7-4-6-12(9-13)10-19-15(21)8-11(2)16(17)18-19/h4,6-9H,3,5,10H2,1-2H3. The molecule has 0 aliphatic rings. The molecular weight excluding hydrogens is 288 g/mol. The Labute approximate surface area is 128 Å². The number of aromatic nitrogens is 2. The lowest BCUT2D eigenvalue weighted by molar-refractivity contribution is 0.0981. The molecule has 21 heavy (non-hydrogen) atoms. The third-order valence-corrected chi connectivity index (χ3v) is 3.56. The van der Waals surface area contributed by atoms with E-state index in [9.17, 15) is 9.59 Å². The molecule has 1 aromatic carbocycles. The van der Waals surface area contributed by atoms with Crippen molar-refractivity contribution in [1.29, 1.82) is 0 Å². The predicted molar refractivity (Wildman–Crippen MR) is 83.0 cm³/mol. The Morgan fingerprint density at radius 3 is 2.81 bits per heavy atom. The van der Waals surface area contributed by atoms with Crippen molar-refractivity contribution in [2.24, 2.45) is 0 Å². The molecule has 2 rings (SSSR count). The molecule has 110 valence electrons. The number of rotatable bonds is 5. The fraction of sp³-hybridized carbons (Fsp3) is 0.312. The van der Waals surface area contributed by atoms with Gasteiger partial charge in [-0.15, -0.1) is 0 Å². The van der Waals surface area contributed by atoms with E-state index in [4.69, 9.17) is 11.6 Å². The number of halogens is 1. The third-order valence-electron chi connectivity index (χ3n) is 3.19. The maximum Gasteiger partial charge on any atom is 0.267 e. The van der Waals surface area contributed by atoms with Crippen molar-refractivity contribution in [3.05, 3.63) is 62.5 Å². The zero-order valence-electron chi connectivity index (χ0n) is 12.1. The Hall–Kier alpha value is -1.94. The molecule has 0 atom stereocenters. The fourth-order valence-corrected chi connectivity index (χ4v) is 2.20. The van der Waals surface area contributed by atoms with Crippen LogP contribution >= 0.6 is 11.6 Å². The maximum atomic E-state index is 11.9. The summed E-state index contributed by atoms with van der Waals surface area (Å²) in [6.07, 6.45) is 1.34. The van der Waals surface area contributed by atoms with Crippen molar-refractivity contribution in [3.63, 3.8) is 0 Å². The largest absolute Gasteiger partial charge is 0.294 e. The molecule has 0 bridgehead atoms. The van der Waals surface area contributed by atoms with Gasteiger partial charge in [0.25, 0.3) is 5.56 Å². The second kappa shape index (κ2) is 6.68. The average molecular weight is 305 g/mol. The van der Waals surface area contributed by atoms with Crippen LogP contribution in [0.5, 0.6) is 0 Å². The molecule has 4 nitrogen and oxygen atoms in total. The van der Waals surface area contributed by atoms with Gasteiger partial charge in [0, 0.05) is 18.1 Å². The first-order valence-electron chi connectivity index (χ1n) is 6.87. The Kier molecular flexibility index (Phi) is 4.91. The third kappa shape index (κ3) is 3.79. The van der Waals surface area contributed by atoms with Crippen LogP contribution in [0, 0.1) is 6.92 Å². The molecule has 5 heteroatoms. The number of Topliss-reactive ketones (excluding diaryl/α,β-unsaturated/α-hetero) is 1. The van der Waals surface area contributed by atoms with Crippen LogP contribution in [0.25, 0.3) is 0 Å². The lowest BCUT2D eigenvalue weighted by Gasteiger charge is -2.07. The summed E-state index contributed by atoms with van der Waals surface area (Å²) in [5, 5.41) is 4.38. The topological polar surface area (TPSA) is 52.0 Å². The van der Waals surface area contributed by atoms with E-state index in [0.717, 1.165) is 12.0 Å². The van der Waals surface area contributed by atoms with Gasteiger partial charge >= 0.3 is 0 Å². The highest BCUT2D eigenvalue weighted by molar-refractivity contribution is 6.30. The first kappa shape index (κ1) is 15.4. The van der Waals surface area contributed by atoms with Crippen LogP contribution in [0.4, 0.5) is 0 Å². The van der Waals surface area contributed by atoms with Crippen molar-refractivity contribution in [2.75, 3.05) is 0 Å². The number of hydrogen-bond donors (Lipinski definition) is 0. The molecule has 0 aliphatic carbocycles. The summed E-state index contributed by atoms with van der Waals surface area (Å²) in [6.45, 7) is 4.01. The first-order valence-corrected chi connectivity index (χ1v) is 7.25. The molecule has 2 aromatic rings. The molecular formula is C16H17ClN2O2. The minimum Gasteiger partial charge on any atom is -0.294 e. The molecule has 0 N–H and O–H groups in total. The Morgan fingerprint density at radius 2 is 2.10 bits per heavy atom. The van der Waals surface area contributed by atoms with Crippen LogP contribution in [-0.2, 0) is 6.54 Å². The SMILES string of the molecule is CCCC(=O)c1cccc(Cn2nc(Cl)c(C)cc2=O)c1. The van der Waals surface area contributed by atoms with Gasteiger partial charge in [-0.3, -0.25) is 9.59 Å². The van der Waals surface area contributed by atoms with Crippen LogP contribution in [0.1, 0.15) is 41.3 Å². The smallest absolute Gasteiger partial charge is 0.267 e. The van der Waals surface area contributed by atoms with Crippen LogP contribution in [-0.4, -0.2) is 15.6 Å². The molecule has 0 fully saturated rings. The second-order valence-electron chi connectivity index (χ2n) is 4.99. The molecule has 1 heterocycles. The second-order valence-corrected chi connectivity index (χ2v) is 5.35. The maximum absolute atomic E-state index is 11.9. The average Bonchev–Trinajstić information content (AvgIpc) is 2.45. The monoisotopic (exact) mass is 304 g/mol. The Balaban J connectivity index is 2.28. The van der Waals surface area contributed by atoms with E-state index in [1.54, 1.807) is 19.1 Å². The van der Waals surface area contributed by atoms with Crippen LogP contribution < -0.4 is 5.56 Å². The lowest BCUT2D eigenvalue weighted by Crippen LogP contribution is -2.23. The van der Waals surface area contributed by atoms with E-state index in [1.807, 2.05) is 19.1 Å². The summed E-state index contributed by atoms with van der Waals surface area (Å²) >= 11 is 5.95. The summed E-state index contributed by atoms with van der Waals surface area (Å²) in [7, 11) is 0. The number of nitrogens with zero attached hydrogens (tertiary/aromatic N) is 2. The molecule has 1 aromatic heterocycles. The van der Waals surface area contributed by atoms with Gasteiger partial charge in [-0.25, -0.2) is 4.68 Å². The lowest BCUT2D eigenvalue weighted by atomic mass is 10.0. The van der Waals surface area contributed by atoms with Gasteiger partial charge in [-0.1, -0.05) is 36.7 Å². The highest BCUT2D eigenvalue weighted by Gasteiger charge is 2.08. The summed E-state index contributed by atoms with van der Waals surface area (Å²) < 4.78 is 1.30. The van der Waals surface area contributed by atoms with E-state index in [1.165, 1.54) is 10.7 Å². The van der Waals surface area contributed by atoms with Gasteiger partial charge in [0.2, 0.25) is 0 Å². The number of ketones is 1. The van der Waals surface area contributed by atoms with Gasteiger partial charge in [-0.05, 0) is 30.5 Å². The van der Waals surface area contributed by atoms with Crippen molar-refractivity contribution in [2.45, 2.75) is 33.2 Å². The number of hydrogen-bond acceptors (Lipinski definition) is 3. The molecule has 0 unspecified atom stereocenters. The van der Waals surface area contributed by atoms with Crippen molar-refractivity contribution in [1.82, 2.24) is 9.78 Å². The minimum atomic E-state index is -0.206. The first-order chi connectivity index (χ1) is 10.0. The zero-order chi connectivity index (χ0) is 15.4. The number of aryl methyl sites for hydroxylation is 1. The van der Waals surface area contributed by atoms with Crippen LogP contribution in [0.2, 0.25) is 5.15 Å². The van der Waals surface area contributed by atoms with E-state index < -0.39 is 0 Å². The van der Waals surface area contributed by atoms with Crippen molar-refractivity contribution < 1.29 is 4.79 Å². The molecule has 0 radical (unpaired) electrons. The van der Waals surface area contributed by atoms with Gasteiger partial charge in [0.1, 0.15) is 0 Å².